The predicted molar refractivity (Wildman–Crippen MR) is 93.1 cm³/mol. The smallest absolute Gasteiger partial charge is 0.137 e. The molecule has 4 heteroatoms. The summed E-state index contributed by atoms with van der Waals surface area (Å²) in [4.78, 5) is 16.9. The third kappa shape index (κ3) is 4.35. The van der Waals surface area contributed by atoms with Gasteiger partial charge in [0.15, 0.2) is 0 Å². The highest BCUT2D eigenvalue weighted by Crippen LogP contribution is 2.39. The van der Waals surface area contributed by atoms with Crippen molar-refractivity contribution in [3.63, 3.8) is 0 Å². The number of aromatic nitrogens is 1. The Morgan fingerprint density at radius 1 is 1.25 bits per heavy atom. The first-order valence-electron chi connectivity index (χ1n) is 9.31. The van der Waals surface area contributed by atoms with Gasteiger partial charge < -0.3 is 9.84 Å². The van der Waals surface area contributed by atoms with Crippen LogP contribution in [0.5, 0.6) is 5.75 Å². The first-order chi connectivity index (χ1) is 11.5. The molecule has 1 aromatic heterocycles. The number of carbonyl (C=O) groups excluding carboxylic acids is 1. The Kier molecular flexibility index (Phi) is 5.54. The number of fused-ring (bicyclic) bond motifs is 1. The number of ether oxygens (including phenoxy) is 1. The Hall–Kier alpha value is -1.42. The third-order valence-corrected chi connectivity index (χ3v) is 5.43. The molecule has 1 aromatic rings. The van der Waals surface area contributed by atoms with Crippen LogP contribution in [0.4, 0.5) is 0 Å². The van der Waals surface area contributed by atoms with E-state index in [-0.39, 0.29) is 6.10 Å². The Labute approximate surface area is 144 Å². The lowest BCUT2D eigenvalue weighted by atomic mass is 9.69. The van der Waals surface area contributed by atoms with Crippen molar-refractivity contribution in [2.45, 2.75) is 64.9 Å². The molecule has 0 radical (unpaired) electrons. The van der Waals surface area contributed by atoms with Crippen LogP contribution >= 0.6 is 0 Å². The average Bonchev–Trinajstić information content (AvgIpc) is 2.49. The fraction of sp³-hybridized carbons (Fsp3) is 0.700. The molecule has 4 nitrogen and oxygen atoms in total. The van der Waals surface area contributed by atoms with Crippen LogP contribution in [0, 0.1) is 17.8 Å². The molecule has 2 aliphatic rings. The maximum absolute atomic E-state index is 12.2. The summed E-state index contributed by atoms with van der Waals surface area (Å²) in [6.45, 7) is 5.08. The lowest BCUT2D eigenvalue weighted by Gasteiger charge is -2.38. The number of pyridine rings is 1. The van der Waals surface area contributed by atoms with Crippen LogP contribution in [0.15, 0.2) is 12.3 Å². The molecule has 0 bridgehead atoms. The van der Waals surface area contributed by atoms with E-state index in [4.69, 9.17) is 4.74 Å². The zero-order chi connectivity index (χ0) is 17.1. The SMILES string of the molecule is CC(C)CCOc1cnc2c(c1)CCC(=O)CC([C@H]1C[C@H](O)C1)C2. The molecule has 1 fully saturated rings. The van der Waals surface area contributed by atoms with Gasteiger partial charge in [-0.05, 0) is 61.5 Å². The van der Waals surface area contributed by atoms with Gasteiger partial charge in [0.25, 0.3) is 0 Å². The number of nitrogens with zero attached hydrogens (tertiary/aromatic N) is 1. The number of hydrogen-bond donors (Lipinski definition) is 1. The number of aryl methyl sites for hydroxylation is 1. The van der Waals surface area contributed by atoms with Gasteiger partial charge in [0.1, 0.15) is 11.5 Å². The van der Waals surface area contributed by atoms with Gasteiger partial charge in [0, 0.05) is 18.5 Å². The molecule has 24 heavy (non-hydrogen) atoms. The molecular weight excluding hydrogens is 302 g/mol. The minimum atomic E-state index is -0.167. The van der Waals surface area contributed by atoms with E-state index in [1.54, 1.807) is 0 Å². The van der Waals surface area contributed by atoms with Crippen molar-refractivity contribution < 1.29 is 14.6 Å². The number of ketones is 1. The van der Waals surface area contributed by atoms with Gasteiger partial charge in [-0.1, -0.05) is 13.8 Å². The highest BCUT2D eigenvalue weighted by molar-refractivity contribution is 5.79. The summed E-state index contributed by atoms with van der Waals surface area (Å²) in [5.41, 5.74) is 2.28. The maximum atomic E-state index is 12.2. The van der Waals surface area contributed by atoms with E-state index in [9.17, 15) is 9.90 Å². The summed E-state index contributed by atoms with van der Waals surface area (Å²) >= 11 is 0. The number of carbonyl (C=O) groups is 1. The monoisotopic (exact) mass is 331 g/mol. The standard InChI is InChI=1S/C20H29NO3/c1-13(2)5-6-24-19-10-14-3-4-17(22)7-16(11-20(14)21-12-19)15-8-18(23)9-15/h10,12-13,15-16,18,23H,3-9,11H2,1-2H3/t15-,16?,18-. The molecular formula is C20H29NO3. The van der Waals surface area contributed by atoms with Crippen LogP contribution in [0.2, 0.25) is 0 Å². The van der Waals surface area contributed by atoms with Crippen LogP contribution in [0.1, 0.15) is 57.2 Å². The molecule has 1 unspecified atom stereocenters. The lowest BCUT2D eigenvalue weighted by molar-refractivity contribution is -0.121. The number of aliphatic hydroxyl groups is 1. The predicted octanol–water partition coefficient (Wildman–Crippen LogP) is 3.34. The summed E-state index contributed by atoms with van der Waals surface area (Å²) in [5.74, 6) is 2.59. The lowest BCUT2D eigenvalue weighted by Crippen LogP contribution is -2.36. The van der Waals surface area contributed by atoms with Crippen LogP contribution < -0.4 is 4.74 Å². The summed E-state index contributed by atoms with van der Waals surface area (Å²) in [6, 6.07) is 2.08. The molecule has 1 atom stereocenters. The minimum Gasteiger partial charge on any atom is -0.492 e. The average molecular weight is 331 g/mol. The molecule has 0 spiro atoms. The van der Waals surface area contributed by atoms with Gasteiger partial charge in [0.2, 0.25) is 0 Å². The van der Waals surface area contributed by atoms with Gasteiger partial charge in [-0.15, -0.1) is 0 Å². The molecule has 0 aliphatic heterocycles. The van der Waals surface area contributed by atoms with E-state index in [0.717, 1.165) is 49.1 Å². The van der Waals surface area contributed by atoms with E-state index in [1.807, 2.05) is 6.20 Å². The van der Waals surface area contributed by atoms with Gasteiger partial charge in [0.05, 0.1) is 18.9 Å². The van der Waals surface area contributed by atoms with Gasteiger partial charge in [-0.25, -0.2) is 0 Å². The molecule has 3 rings (SSSR count). The molecule has 1 heterocycles. The molecule has 2 aliphatic carbocycles. The highest BCUT2D eigenvalue weighted by atomic mass is 16.5. The van der Waals surface area contributed by atoms with Gasteiger partial charge in [-0.3, -0.25) is 9.78 Å². The normalized spacial score (nSPS) is 27.2. The Morgan fingerprint density at radius 3 is 2.75 bits per heavy atom. The fourth-order valence-electron chi connectivity index (χ4n) is 3.75. The zero-order valence-corrected chi connectivity index (χ0v) is 14.8. The maximum Gasteiger partial charge on any atom is 0.137 e. The Bertz CT molecular complexity index is 578. The van der Waals surface area contributed by atoms with Crippen molar-refractivity contribution in [3.8, 4) is 5.75 Å². The summed E-state index contributed by atoms with van der Waals surface area (Å²) < 4.78 is 5.82. The van der Waals surface area contributed by atoms with Gasteiger partial charge >= 0.3 is 0 Å². The second kappa shape index (κ2) is 7.64. The summed E-state index contributed by atoms with van der Waals surface area (Å²) in [6.07, 6.45) is 7.22. The van der Waals surface area contributed by atoms with Crippen molar-refractivity contribution in [1.29, 1.82) is 0 Å². The van der Waals surface area contributed by atoms with Crippen LogP contribution in [0.3, 0.4) is 0 Å². The molecule has 0 amide bonds. The van der Waals surface area contributed by atoms with Crippen LogP contribution in [-0.2, 0) is 17.6 Å². The minimum absolute atomic E-state index is 0.167. The molecule has 132 valence electrons. The second-order valence-corrected chi connectivity index (χ2v) is 7.90. The Morgan fingerprint density at radius 2 is 2.04 bits per heavy atom. The second-order valence-electron chi connectivity index (χ2n) is 7.90. The third-order valence-electron chi connectivity index (χ3n) is 5.43. The van der Waals surface area contributed by atoms with E-state index in [2.05, 4.69) is 24.9 Å². The van der Waals surface area contributed by atoms with Crippen molar-refractivity contribution in [2.24, 2.45) is 17.8 Å². The van der Waals surface area contributed by atoms with Crippen LogP contribution in [0.25, 0.3) is 0 Å². The highest BCUT2D eigenvalue weighted by Gasteiger charge is 2.36. The van der Waals surface area contributed by atoms with Crippen molar-refractivity contribution >= 4 is 5.78 Å². The topological polar surface area (TPSA) is 59.4 Å². The first kappa shape index (κ1) is 17.4. The zero-order valence-electron chi connectivity index (χ0n) is 14.8. The van der Waals surface area contributed by atoms with E-state index >= 15 is 0 Å². The van der Waals surface area contributed by atoms with Crippen molar-refractivity contribution in [1.82, 2.24) is 4.98 Å². The summed E-state index contributed by atoms with van der Waals surface area (Å²) in [7, 11) is 0. The number of aliphatic hydroxyl groups excluding tert-OH is 1. The molecule has 1 saturated carbocycles. The molecule has 0 aromatic carbocycles. The molecule has 0 saturated heterocycles. The number of rotatable bonds is 5. The largest absolute Gasteiger partial charge is 0.492 e. The van der Waals surface area contributed by atoms with Crippen LogP contribution in [-0.4, -0.2) is 28.6 Å². The first-order valence-corrected chi connectivity index (χ1v) is 9.31. The quantitative estimate of drug-likeness (QED) is 0.899. The fourth-order valence-corrected chi connectivity index (χ4v) is 3.75. The van der Waals surface area contributed by atoms with E-state index < -0.39 is 0 Å². The number of hydrogen-bond acceptors (Lipinski definition) is 4. The van der Waals surface area contributed by atoms with Crippen molar-refractivity contribution in [3.05, 3.63) is 23.5 Å². The van der Waals surface area contributed by atoms with Crippen molar-refractivity contribution in [2.75, 3.05) is 6.61 Å². The summed E-state index contributed by atoms with van der Waals surface area (Å²) in [5, 5.41) is 9.58. The number of Topliss-reactive ketones (excluding diaryl/α,β-unsaturated/α-hetero) is 1. The van der Waals surface area contributed by atoms with E-state index in [1.165, 1.54) is 0 Å². The van der Waals surface area contributed by atoms with E-state index in [0.29, 0.717) is 43.0 Å². The van der Waals surface area contributed by atoms with Gasteiger partial charge in [-0.2, -0.15) is 0 Å². The molecule has 1 N–H and O–H groups in total. The Balaban J connectivity index is 1.70.